The van der Waals surface area contributed by atoms with E-state index in [2.05, 4.69) is 4.98 Å². The lowest BCUT2D eigenvalue weighted by atomic mass is 10.2. The van der Waals surface area contributed by atoms with Crippen molar-refractivity contribution in [2.45, 2.75) is 6.61 Å². The average molecular weight is 416 g/mol. The second kappa shape index (κ2) is 9.39. The summed E-state index contributed by atoms with van der Waals surface area (Å²) in [6, 6.07) is 12.9. The van der Waals surface area contributed by atoms with Gasteiger partial charge < -0.3 is 14.2 Å². The van der Waals surface area contributed by atoms with Gasteiger partial charge in [0.15, 0.2) is 11.5 Å². The molecule has 0 amide bonds. The second-order valence-corrected chi connectivity index (χ2v) is 6.94. The number of benzene rings is 2. The number of esters is 1. The average Bonchev–Trinajstić information content (AvgIpc) is 3.19. The molecule has 0 N–H and O–H groups in total. The van der Waals surface area contributed by atoms with Gasteiger partial charge in [-0.1, -0.05) is 35.9 Å². The van der Waals surface area contributed by atoms with Crippen LogP contribution in [0, 0.1) is 0 Å². The van der Waals surface area contributed by atoms with Crippen LogP contribution in [0.4, 0.5) is 0 Å². The Kier molecular flexibility index (Phi) is 6.68. The molecule has 7 heteroatoms. The van der Waals surface area contributed by atoms with Crippen molar-refractivity contribution in [2.24, 2.45) is 0 Å². The fourth-order valence-corrected chi connectivity index (χ4v) is 3.57. The lowest BCUT2D eigenvalue weighted by Gasteiger charge is -2.07. The quantitative estimate of drug-likeness (QED) is 0.390. The van der Waals surface area contributed by atoms with Crippen LogP contribution in [0.2, 0.25) is 5.02 Å². The lowest BCUT2D eigenvalue weighted by Crippen LogP contribution is -2.01. The van der Waals surface area contributed by atoms with Gasteiger partial charge in [-0.25, -0.2) is 9.78 Å². The molecule has 5 nitrogen and oxygen atoms in total. The first kappa shape index (κ1) is 19.9. The summed E-state index contributed by atoms with van der Waals surface area (Å²) in [7, 11) is 3.13. The first-order valence-corrected chi connectivity index (χ1v) is 9.62. The standard InChI is InChI=1S/C21H18ClNO4S/c1-25-18-9-7-14(11-19(18)26-2)8-10-20(24)27-12-15-13-28-21(23-15)16-5-3-4-6-17(16)22/h3-11,13H,12H2,1-2H3/b10-8+. The smallest absolute Gasteiger partial charge is 0.331 e. The molecule has 3 rings (SSSR count). The van der Waals surface area contributed by atoms with E-state index in [-0.39, 0.29) is 6.61 Å². The first-order chi connectivity index (χ1) is 13.6. The van der Waals surface area contributed by atoms with Crippen molar-refractivity contribution in [1.29, 1.82) is 0 Å². The largest absolute Gasteiger partial charge is 0.493 e. The van der Waals surface area contributed by atoms with E-state index in [0.29, 0.717) is 22.2 Å². The molecule has 28 heavy (non-hydrogen) atoms. The molecule has 0 atom stereocenters. The van der Waals surface area contributed by atoms with Crippen LogP contribution in [0.15, 0.2) is 53.9 Å². The number of aromatic nitrogens is 1. The van der Waals surface area contributed by atoms with Crippen LogP contribution in [0.3, 0.4) is 0 Å². The molecule has 0 spiro atoms. The summed E-state index contributed by atoms with van der Waals surface area (Å²) >= 11 is 7.65. The molecule has 0 unspecified atom stereocenters. The van der Waals surface area contributed by atoms with Gasteiger partial charge in [0.05, 0.1) is 24.9 Å². The zero-order chi connectivity index (χ0) is 19.9. The number of hydrogen-bond donors (Lipinski definition) is 0. The van der Waals surface area contributed by atoms with Crippen LogP contribution in [-0.2, 0) is 16.1 Å². The van der Waals surface area contributed by atoms with E-state index in [1.165, 1.54) is 17.4 Å². The fraction of sp³-hybridized carbons (Fsp3) is 0.143. The Morgan fingerprint density at radius 1 is 1.14 bits per heavy atom. The van der Waals surface area contributed by atoms with Gasteiger partial charge in [-0.15, -0.1) is 11.3 Å². The van der Waals surface area contributed by atoms with E-state index < -0.39 is 5.97 Å². The van der Waals surface area contributed by atoms with Crippen LogP contribution in [0.1, 0.15) is 11.3 Å². The molecule has 0 aliphatic carbocycles. The van der Waals surface area contributed by atoms with Crippen LogP contribution >= 0.6 is 22.9 Å². The third kappa shape index (κ3) is 4.91. The molecule has 144 valence electrons. The summed E-state index contributed by atoms with van der Waals surface area (Å²) in [5.41, 5.74) is 2.33. The van der Waals surface area contributed by atoms with Crippen molar-refractivity contribution in [3.8, 4) is 22.1 Å². The maximum atomic E-state index is 12.0. The summed E-state index contributed by atoms with van der Waals surface area (Å²) in [6.07, 6.45) is 3.02. The maximum absolute atomic E-state index is 12.0. The number of halogens is 1. The molecule has 2 aromatic carbocycles. The highest BCUT2D eigenvalue weighted by Gasteiger charge is 2.09. The van der Waals surface area contributed by atoms with Crippen LogP contribution in [0.25, 0.3) is 16.6 Å². The summed E-state index contributed by atoms with van der Waals surface area (Å²) in [5, 5.41) is 3.28. The molecule has 0 saturated heterocycles. The Hall–Kier alpha value is -2.83. The van der Waals surface area contributed by atoms with Crippen LogP contribution in [0.5, 0.6) is 11.5 Å². The number of thiazole rings is 1. The predicted octanol–water partition coefficient (Wildman–Crippen LogP) is 5.24. The van der Waals surface area contributed by atoms with Crippen LogP contribution < -0.4 is 9.47 Å². The Bertz CT molecular complexity index is 1000. The molecule has 0 bridgehead atoms. The molecule has 1 aromatic heterocycles. The van der Waals surface area contributed by atoms with Crippen molar-refractivity contribution in [2.75, 3.05) is 14.2 Å². The molecule has 0 fully saturated rings. The zero-order valence-corrected chi connectivity index (χ0v) is 16.9. The van der Waals surface area contributed by atoms with Crippen LogP contribution in [-0.4, -0.2) is 25.2 Å². The van der Waals surface area contributed by atoms with E-state index in [4.69, 9.17) is 25.8 Å². The Morgan fingerprint density at radius 2 is 1.93 bits per heavy atom. The highest BCUT2D eigenvalue weighted by atomic mass is 35.5. The molecule has 1 heterocycles. The molecule has 3 aromatic rings. The number of nitrogens with zero attached hydrogens (tertiary/aromatic N) is 1. The first-order valence-electron chi connectivity index (χ1n) is 8.37. The van der Waals surface area contributed by atoms with Gasteiger partial charge in [-0.2, -0.15) is 0 Å². The Labute approximate surface area is 172 Å². The maximum Gasteiger partial charge on any atom is 0.331 e. The number of carbonyl (C=O) groups excluding carboxylic acids is 1. The summed E-state index contributed by atoms with van der Waals surface area (Å²) in [6.45, 7) is 0.0933. The zero-order valence-electron chi connectivity index (χ0n) is 15.3. The lowest BCUT2D eigenvalue weighted by molar-refractivity contribution is -0.139. The van der Waals surface area contributed by atoms with Gasteiger partial charge in [0.25, 0.3) is 0 Å². The molecular formula is C21H18ClNO4S. The minimum Gasteiger partial charge on any atom is -0.493 e. The topological polar surface area (TPSA) is 57.7 Å². The summed E-state index contributed by atoms with van der Waals surface area (Å²) in [4.78, 5) is 16.5. The number of methoxy groups -OCH3 is 2. The number of ether oxygens (including phenoxy) is 3. The highest BCUT2D eigenvalue weighted by Crippen LogP contribution is 2.30. The SMILES string of the molecule is COc1ccc(/C=C/C(=O)OCc2csc(-c3ccccc3Cl)n2)cc1OC. The minimum absolute atomic E-state index is 0.0933. The van der Waals surface area contributed by atoms with Gasteiger partial charge in [-0.05, 0) is 29.8 Å². The van der Waals surface area contributed by atoms with Crippen molar-refractivity contribution in [3.63, 3.8) is 0 Å². The molecule has 0 aliphatic heterocycles. The van der Waals surface area contributed by atoms with E-state index >= 15 is 0 Å². The minimum atomic E-state index is -0.456. The highest BCUT2D eigenvalue weighted by molar-refractivity contribution is 7.13. The molecule has 0 aliphatic rings. The van der Waals surface area contributed by atoms with Crippen molar-refractivity contribution >= 4 is 35.0 Å². The van der Waals surface area contributed by atoms with Crippen molar-refractivity contribution in [3.05, 3.63) is 70.2 Å². The Morgan fingerprint density at radius 3 is 2.68 bits per heavy atom. The summed E-state index contributed by atoms with van der Waals surface area (Å²) in [5.74, 6) is 0.759. The van der Waals surface area contributed by atoms with Gasteiger partial charge in [0.1, 0.15) is 11.6 Å². The van der Waals surface area contributed by atoms with E-state index in [9.17, 15) is 4.79 Å². The summed E-state index contributed by atoms with van der Waals surface area (Å²) < 4.78 is 15.7. The predicted molar refractivity (Wildman–Crippen MR) is 111 cm³/mol. The van der Waals surface area contributed by atoms with Crippen molar-refractivity contribution < 1.29 is 19.0 Å². The third-order valence-corrected chi connectivity index (χ3v) is 5.09. The van der Waals surface area contributed by atoms with Gasteiger partial charge >= 0.3 is 5.97 Å². The number of hydrogen-bond acceptors (Lipinski definition) is 6. The fourth-order valence-electron chi connectivity index (χ4n) is 2.45. The van der Waals surface area contributed by atoms with Gasteiger partial charge in [-0.3, -0.25) is 0 Å². The monoisotopic (exact) mass is 415 g/mol. The van der Waals surface area contributed by atoms with Gasteiger partial charge in [0.2, 0.25) is 0 Å². The molecule has 0 radical (unpaired) electrons. The molecular weight excluding hydrogens is 398 g/mol. The van der Waals surface area contributed by atoms with E-state index in [1.807, 2.05) is 35.7 Å². The Balaban J connectivity index is 1.59. The number of carbonyl (C=O) groups is 1. The number of rotatable bonds is 7. The normalized spacial score (nSPS) is 10.8. The van der Waals surface area contributed by atoms with Crippen molar-refractivity contribution in [1.82, 2.24) is 4.98 Å². The second-order valence-electron chi connectivity index (χ2n) is 5.68. The molecule has 0 saturated carbocycles. The van der Waals surface area contributed by atoms with Gasteiger partial charge in [0, 0.05) is 17.0 Å². The third-order valence-electron chi connectivity index (χ3n) is 3.84. The van der Waals surface area contributed by atoms with E-state index in [1.54, 1.807) is 32.4 Å². The van der Waals surface area contributed by atoms with E-state index in [0.717, 1.165) is 16.1 Å².